The lowest BCUT2D eigenvalue weighted by Crippen LogP contribution is -2.49. The summed E-state index contributed by atoms with van der Waals surface area (Å²) in [7, 11) is 0. The zero-order chi connectivity index (χ0) is 21.4. The molecular formula is C27H34N2O2. The number of aliphatic hydroxyl groups is 1. The summed E-state index contributed by atoms with van der Waals surface area (Å²) in [4.78, 5) is 15.9. The number of nitrogens with one attached hydrogen (secondary N) is 1. The monoisotopic (exact) mass is 418 g/mol. The van der Waals surface area contributed by atoms with Gasteiger partial charge in [0.25, 0.3) is 5.91 Å². The molecule has 1 amide bonds. The van der Waals surface area contributed by atoms with Gasteiger partial charge in [-0.1, -0.05) is 73.0 Å². The van der Waals surface area contributed by atoms with Gasteiger partial charge in [-0.3, -0.25) is 9.69 Å². The average molecular weight is 419 g/mol. The Balaban J connectivity index is 1.19. The van der Waals surface area contributed by atoms with Gasteiger partial charge in [0.2, 0.25) is 0 Å². The van der Waals surface area contributed by atoms with E-state index < -0.39 is 5.60 Å². The first kappa shape index (κ1) is 20.7. The van der Waals surface area contributed by atoms with Gasteiger partial charge in [-0.25, -0.2) is 0 Å². The van der Waals surface area contributed by atoms with Crippen molar-refractivity contribution in [2.75, 3.05) is 19.6 Å². The molecule has 0 spiro atoms. The summed E-state index contributed by atoms with van der Waals surface area (Å²) in [5.41, 5.74) is 1.79. The number of likely N-dealkylation sites (tertiary alicyclic amines) is 1. The summed E-state index contributed by atoms with van der Waals surface area (Å²) in [6.45, 7) is 5.95. The van der Waals surface area contributed by atoms with Gasteiger partial charge in [0, 0.05) is 32.1 Å². The van der Waals surface area contributed by atoms with E-state index >= 15 is 0 Å². The number of fused-ring (bicyclic) bond motifs is 1. The Morgan fingerprint density at radius 1 is 1.06 bits per heavy atom. The third kappa shape index (κ3) is 4.04. The number of hydrogen-bond donors (Lipinski definition) is 2. The molecule has 2 unspecified atom stereocenters. The molecule has 2 aromatic rings. The first-order valence-corrected chi connectivity index (χ1v) is 11.9. The van der Waals surface area contributed by atoms with Crippen molar-refractivity contribution >= 4 is 5.91 Å². The van der Waals surface area contributed by atoms with E-state index in [-0.39, 0.29) is 11.8 Å². The van der Waals surface area contributed by atoms with E-state index in [1.165, 1.54) is 5.56 Å². The Morgan fingerprint density at radius 2 is 1.77 bits per heavy atom. The summed E-state index contributed by atoms with van der Waals surface area (Å²) in [5.74, 6) is 1.73. The quantitative estimate of drug-likeness (QED) is 0.718. The van der Waals surface area contributed by atoms with Crippen LogP contribution in [0.1, 0.15) is 42.4 Å². The molecule has 3 atom stereocenters. The van der Waals surface area contributed by atoms with Crippen molar-refractivity contribution in [3.05, 3.63) is 71.3 Å². The van der Waals surface area contributed by atoms with Gasteiger partial charge in [0.05, 0.1) is 0 Å². The van der Waals surface area contributed by atoms with Crippen LogP contribution in [-0.4, -0.2) is 35.5 Å². The van der Waals surface area contributed by atoms with Crippen LogP contribution >= 0.6 is 0 Å². The number of piperidine rings is 1. The number of carbonyl (C=O) groups excluding carboxylic acids is 1. The number of hydrogen-bond acceptors (Lipinski definition) is 3. The van der Waals surface area contributed by atoms with Crippen molar-refractivity contribution in [2.45, 2.75) is 44.8 Å². The van der Waals surface area contributed by atoms with Gasteiger partial charge in [-0.15, -0.1) is 0 Å². The van der Waals surface area contributed by atoms with Gasteiger partial charge in [0.15, 0.2) is 5.60 Å². The molecule has 2 aromatic carbocycles. The molecule has 31 heavy (non-hydrogen) atoms. The lowest BCUT2D eigenvalue weighted by Gasteiger charge is -2.33. The molecule has 164 valence electrons. The van der Waals surface area contributed by atoms with E-state index in [0.717, 1.165) is 56.4 Å². The van der Waals surface area contributed by atoms with Crippen molar-refractivity contribution in [1.82, 2.24) is 10.2 Å². The van der Waals surface area contributed by atoms with E-state index in [1.807, 2.05) is 31.2 Å². The maximum absolute atomic E-state index is 13.3. The second kappa shape index (κ2) is 8.40. The van der Waals surface area contributed by atoms with E-state index in [1.54, 1.807) is 0 Å². The fraction of sp³-hybridized carbons (Fsp3) is 0.519. The van der Waals surface area contributed by atoms with E-state index in [2.05, 4.69) is 40.5 Å². The zero-order valence-corrected chi connectivity index (χ0v) is 18.5. The van der Waals surface area contributed by atoms with E-state index in [4.69, 9.17) is 0 Å². The normalized spacial score (nSPS) is 27.6. The van der Waals surface area contributed by atoms with Crippen LogP contribution in [0.25, 0.3) is 0 Å². The lowest BCUT2D eigenvalue weighted by atomic mass is 9.79. The number of rotatable bonds is 7. The largest absolute Gasteiger partial charge is 0.375 e. The van der Waals surface area contributed by atoms with Crippen LogP contribution in [0.5, 0.6) is 0 Å². The SMILES string of the molecule is Cc1cccc([C@](O)(C(=O)NCC2C3CN(Cc4ccccc4)CC23)C2CCCC2)c1. The maximum Gasteiger partial charge on any atom is 0.256 e. The highest BCUT2D eigenvalue weighted by atomic mass is 16.3. The molecule has 3 fully saturated rings. The second-order valence-corrected chi connectivity index (χ2v) is 10.00. The molecule has 4 nitrogen and oxygen atoms in total. The fourth-order valence-electron chi connectivity index (χ4n) is 6.13. The van der Waals surface area contributed by atoms with E-state index in [9.17, 15) is 9.90 Å². The Hall–Kier alpha value is -2.17. The molecule has 0 radical (unpaired) electrons. The van der Waals surface area contributed by atoms with Crippen molar-refractivity contribution in [3.63, 3.8) is 0 Å². The Morgan fingerprint density at radius 3 is 2.45 bits per heavy atom. The molecule has 0 aromatic heterocycles. The van der Waals surface area contributed by atoms with Crippen LogP contribution < -0.4 is 5.32 Å². The van der Waals surface area contributed by atoms with Crippen molar-refractivity contribution in [3.8, 4) is 0 Å². The van der Waals surface area contributed by atoms with E-state index in [0.29, 0.717) is 24.3 Å². The fourth-order valence-corrected chi connectivity index (χ4v) is 6.13. The van der Waals surface area contributed by atoms with Crippen LogP contribution in [0.15, 0.2) is 54.6 Å². The van der Waals surface area contributed by atoms with Gasteiger partial charge < -0.3 is 10.4 Å². The van der Waals surface area contributed by atoms with Crippen LogP contribution in [0.3, 0.4) is 0 Å². The van der Waals surface area contributed by atoms with Gasteiger partial charge in [-0.2, -0.15) is 0 Å². The topological polar surface area (TPSA) is 52.6 Å². The predicted molar refractivity (Wildman–Crippen MR) is 122 cm³/mol. The maximum atomic E-state index is 13.3. The third-order valence-corrected chi connectivity index (χ3v) is 7.94. The highest BCUT2D eigenvalue weighted by molar-refractivity contribution is 5.86. The standard InChI is InChI=1S/C27H34N2O2/c1-19-8-7-13-22(14-19)27(31,21-11-5-6-12-21)26(30)28-15-23-24-17-29(18-25(23)24)16-20-9-3-2-4-10-20/h2-4,7-10,13-14,21,23-25,31H,5-6,11-12,15-18H2,1H3,(H,28,30)/t23?,24?,25?,27-/m0/s1. The highest BCUT2D eigenvalue weighted by Gasteiger charge is 2.55. The van der Waals surface area contributed by atoms with Crippen LogP contribution in [0.4, 0.5) is 0 Å². The van der Waals surface area contributed by atoms with Gasteiger partial charge in [0.1, 0.15) is 0 Å². The number of carbonyl (C=O) groups is 1. The second-order valence-electron chi connectivity index (χ2n) is 10.00. The summed E-state index contributed by atoms with van der Waals surface area (Å²) in [5, 5.41) is 14.9. The summed E-state index contributed by atoms with van der Waals surface area (Å²) >= 11 is 0. The van der Waals surface area contributed by atoms with Gasteiger partial charge >= 0.3 is 0 Å². The number of benzene rings is 2. The summed E-state index contributed by atoms with van der Waals surface area (Å²) < 4.78 is 0. The van der Waals surface area contributed by atoms with Crippen LogP contribution in [-0.2, 0) is 16.9 Å². The molecule has 2 N–H and O–H groups in total. The van der Waals surface area contributed by atoms with Crippen molar-refractivity contribution in [1.29, 1.82) is 0 Å². The van der Waals surface area contributed by atoms with Crippen molar-refractivity contribution in [2.24, 2.45) is 23.7 Å². The molecule has 4 heteroatoms. The molecule has 3 aliphatic rings. The van der Waals surface area contributed by atoms with Gasteiger partial charge in [-0.05, 0) is 48.6 Å². The lowest BCUT2D eigenvalue weighted by molar-refractivity contribution is -0.147. The number of nitrogens with zero attached hydrogens (tertiary/aromatic N) is 1. The molecule has 1 heterocycles. The van der Waals surface area contributed by atoms with Crippen molar-refractivity contribution < 1.29 is 9.90 Å². The zero-order valence-electron chi connectivity index (χ0n) is 18.5. The minimum atomic E-state index is -1.41. The number of amides is 1. The third-order valence-electron chi connectivity index (χ3n) is 7.94. The molecule has 2 aliphatic carbocycles. The molecule has 1 aliphatic heterocycles. The molecule has 2 saturated carbocycles. The highest BCUT2D eigenvalue weighted by Crippen LogP contribution is 2.51. The molecule has 5 rings (SSSR count). The number of aryl methyl sites for hydroxylation is 1. The minimum absolute atomic E-state index is 0.00867. The minimum Gasteiger partial charge on any atom is -0.375 e. The molecular weight excluding hydrogens is 384 g/mol. The Kier molecular flexibility index (Phi) is 5.61. The first-order valence-electron chi connectivity index (χ1n) is 11.9. The molecule has 0 bridgehead atoms. The smallest absolute Gasteiger partial charge is 0.256 e. The first-order chi connectivity index (χ1) is 15.1. The van der Waals surface area contributed by atoms with Crippen LogP contribution in [0, 0.1) is 30.6 Å². The Labute approximate surface area is 185 Å². The predicted octanol–water partition coefficient (Wildman–Crippen LogP) is 3.87. The molecule has 1 saturated heterocycles. The van der Waals surface area contributed by atoms with Crippen LogP contribution in [0.2, 0.25) is 0 Å². The average Bonchev–Trinajstić information content (AvgIpc) is 3.17. The Bertz CT molecular complexity index is 912. The summed E-state index contributed by atoms with van der Waals surface area (Å²) in [6, 6.07) is 18.5. The summed E-state index contributed by atoms with van der Waals surface area (Å²) in [6.07, 6.45) is 4.02.